The van der Waals surface area contributed by atoms with Gasteiger partial charge in [0, 0.05) is 18.2 Å². The van der Waals surface area contributed by atoms with Crippen molar-refractivity contribution < 1.29 is 4.79 Å². The Morgan fingerprint density at radius 3 is 2.08 bits per heavy atom. The zero-order valence-corrected chi connectivity index (χ0v) is 7.74. The maximum atomic E-state index is 10.9. The first-order valence-electron chi connectivity index (χ1n) is 3.98. The molecule has 0 bridgehead atoms. The first kappa shape index (κ1) is 9.45. The van der Waals surface area contributed by atoms with Crippen LogP contribution in [0.5, 0.6) is 0 Å². The van der Waals surface area contributed by atoms with E-state index in [9.17, 15) is 4.79 Å². The van der Waals surface area contributed by atoms with Gasteiger partial charge in [0.2, 0.25) is 0 Å². The van der Waals surface area contributed by atoms with E-state index in [-0.39, 0.29) is 5.78 Å². The molecule has 3 heteroatoms. The average molecular weight is 176 g/mol. The Hall–Kier alpha value is -1.64. The molecule has 1 rings (SSSR count). The fourth-order valence-electron chi connectivity index (χ4n) is 1.00. The van der Waals surface area contributed by atoms with Gasteiger partial charge in [0.15, 0.2) is 5.78 Å². The second-order valence-corrected chi connectivity index (χ2v) is 2.74. The summed E-state index contributed by atoms with van der Waals surface area (Å²) in [6, 6.07) is 7.07. The summed E-state index contributed by atoms with van der Waals surface area (Å²) >= 11 is 0. The number of rotatable bonds is 2. The Bertz CT molecular complexity index is 338. The standard InChI is InChI=1S/C10H12N2O/c1-7(13)8-3-5-9(6-4-8)10(11)12-2/h3-6H,1-2H3,(H2,11,12). The van der Waals surface area contributed by atoms with Crippen molar-refractivity contribution >= 4 is 11.6 Å². The lowest BCUT2D eigenvalue weighted by molar-refractivity contribution is 0.101. The van der Waals surface area contributed by atoms with Gasteiger partial charge in [-0.15, -0.1) is 0 Å². The molecule has 0 atom stereocenters. The summed E-state index contributed by atoms with van der Waals surface area (Å²) in [5.74, 6) is 0.536. The van der Waals surface area contributed by atoms with E-state index in [1.807, 2.05) is 0 Å². The van der Waals surface area contributed by atoms with Gasteiger partial charge in [-0.25, -0.2) is 0 Å². The van der Waals surface area contributed by atoms with Crippen LogP contribution in [-0.2, 0) is 0 Å². The molecule has 0 saturated carbocycles. The van der Waals surface area contributed by atoms with E-state index < -0.39 is 0 Å². The number of hydrogen-bond donors (Lipinski definition) is 1. The molecule has 0 aliphatic rings. The van der Waals surface area contributed by atoms with Gasteiger partial charge in [-0.1, -0.05) is 24.3 Å². The largest absolute Gasteiger partial charge is 0.384 e. The van der Waals surface area contributed by atoms with E-state index in [4.69, 9.17) is 5.73 Å². The van der Waals surface area contributed by atoms with Crippen LogP contribution < -0.4 is 5.73 Å². The van der Waals surface area contributed by atoms with Crippen LogP contribution in [0, 0.1) is 0 Å². The van der Waals surface area contributed by atoms with E-state index in [1.165, 1.54) is 6.92 Å². The van der Waals surface area contributed by atoms with Crippen molar-refractivity contribution in [2.75, 3.05) is 7.05 Å². The van der Waals surface area contributed by atoms with Gasteiger partial charge in [-0.2, -0.15) is 0 Å². The quantitative estimate of drug-likeness (QED) is 0.418. The van der Waals surface area contributed by atoms with Crippen molar-refractivity contribution in [3.05, 3.63) is 35.4 Å². The van der Waals surface area contributed by atoms with Gasteiger partial charge < -0.3 is 5.73 Å². The molecule has 0 aromatic heterocycles. The van der Waals surface area contributed by atoms with E-state index in [0.29, 0.717) is 11.4 Å². The normalized spacial score (nSPS) is 11.4. The Balaban J connectivity index is 3.00. The highest BCUT2D eigenvalue weighted by molar-refractivity contribution is 5.99. The fraction of sp³-hybridized carbons (Fsp3) is 0.200. The number of Topliss-reactive ketones (excluding diaryl/α,β-unsaturated/α-hetero) is 1. The zero-order chi connectivity index (χ0) is 9.84. The van der Waals surface area contributed by atoms with E-state index in [2.05, 4.69) is 4.99 Å². The molecular weight excluding hydrogens is 164 g/mol. The zero-order valence-electron chi connectivity index (χ0n) is 7.74. The molecule has 2 N–H and O–H groups in total. The highest BCUT2D eigenvalue weighted by atomic mass is 16.1. The molecule has 13 heavy (non-hydrogen) atoms. The van der Waals surface area contributed by atoms with Crippen LogP contribution in [0.4, 0.5) is 0 Å². The van der Waals surface area contributed by atoms with Crippen LogP contribution in [0.15, 0.2) is 29.3 Å². The summed E-state index contributed by atoms with van der Waals surface area (Å²) in [6.45, 7) is 1.53. The average Bonchev–Trinajstić information content (AvgIpc) is 2.17. The second-order valence-electron chi connectivity index (χ2n) is 2.74. The number of hydrogen-bond acceptors (Lipinski definition) is 2. The molecular formula is C10H12N2O. The molecule has 0 radical (unpaired) electrons. The van der Waals surface area contributed by atoms with Crippen molar-refractivity contribution in [2.45, 2.75) is 6.92 Å². The topological polar surface area (TPSA) is 55.4 Å². The molecule has 3 nitrogen and oxygen atoms in total. The van der Waals surface area contributed by atoms with Crippen LogP contribution in [0.3, 0.4) is 0 Å². The predicted molar refractivity (Wildman–Crippen MR) is 53.1 cm³/mol. The summed E-state index contributed by atoms with van der Waals surface area (Å²) in [5.41, 5.74) is 7.11. The van der Waals surface area contributed by atoms with E-state index in [1.54, 1.807) is 31.3 Å². The first-order chi connectivity index (χ1) is 6.15. The highest BCUT2D eigenvalue weighted by Gasteiger charge is 2.00. The molecule has 0 amide bonds. The summed E-state index contributed by atoms with van der Waals surface area (Å²) in [5, 5.41) is 0. The number of benzene rings is 1. The van der Waals surface area contributed by atoms with Crippen LogP contribution in [0.1, 0.15) is 22.8 Å². The van der Waals surface area contributed by atoms with Crippen LogP contribution in [0.25, 0.3) is 0 Å². The molecule has 0 saturated heterocycles. The van der Waals surface area contributed by atoms with Crippen molar-refractivity contribution in [2.24, 2.45) is 10.7 Å². The molecule has 68 valence electrons. The first-order valence-corrected chi connectivity index (χ1v) is 3.98. The molecule has 1 aromatic rings. The predicted octanol–water partition coefficient (Wildman–Crippen LogP) is 1.22. The Labute approximate surface area is 77.3 Å². The maximum Gasteiger partial charge on any atom is 0.159 e. The Kier molecular flexibility index (Phi) is 2.80. The minimum atomic E-state index is 0.0542. The Morgan fingerprint density at radius 1 is 1.23 bits per heavy atom. The number of nitrogens with two attached hydrogens (primary N) is 1. The number of carbonyl (C=O) groups excluding carboxylic acids is 1. The number of ketones is 1. The molecule has 0 spiro atoms. The van der Waals surface area contributed by atoms with Crippen molar-refractivity contribution in [1.82, 2.24) is 0 Å². The van der Waals surface area contributed by atoms with Crippen molar-refractivity contribution in [1.29, 1.82) is 0 Å². The number of nitrogens with zero attached hydrogens (tertiary/aromatic N) is 1. The van der Waals surface area contributed by atoms with Gasteiger partial charge in [0.1, 0.15) is 5.84 Å². The van der Waals surface area contributed by atoms with Crippen LogP contribution in [0.2, 0.25) is 0 Å². The Morgan fingerprint density at radius 2 is 1.69 bits per heavy atom. The SMILES string of the molecule is CN=C(N)c1ccc(C(C)=O)cc1. The molecule has 0 aliphatic carbocycles. The van der Waals surface area contributed by atoms with Crippen molar-refractivity contribution in [3.63, 3.8) is 0 Å². The number of carbonyl (C=O) groups is 1. The molecule has 0 heterocycles. The van der Waals surface area contributed by atoms with Crippen LogP contribution in [-0.4, -0.2) is 18.7 Å². The van der Waals surface area contributed by atoms with E-state index in [0.717, 1.165) is 5.56 Å². The lowest BCUT2D eigenvalue weighted by Crippen LogP contribution is -2.12. The summed E-state index contributed by atoms with van der Waals surface area (Å²) in [4.78, 5) is 14.8. The van der Waals surface area contributed by atoms with Gasteiger partial charge in [0.25, 0.3) is 0 Å². The monoisotopic (exact) mass is 176 g/mol. The fourth-order valence-corrected chi connectivity index (χ4v) is 1.00. The third-order valence-electron chi connectivity index (χ3n) is 1.83. The summed E-state index contributed by atoms with van der Waals surface area (Å²) in [6.07, 6.45) is 0. The highest BCUT2D eigenvalue weighted by Crippen LogP contribution is 2.04. The third kappa shape index (κ3) is 2.15. The van der Waals surface area contributed by atoms with Crippen molar-refractivity contribution in [3.8, 4) is 0 Å². The smallest absolute Gasteiger partial charge is 0.159 e. The third-order valence-corrected chi connectivity index (χ3v) is 1.83. The number of aliphatic imine (C=N–C) groups is 1. The minimum absolute atomic E-state index is 0.0542. The maximum absolute atomic E-state index is 10.9. The molecule has 0 fully saturated rings. The van der Waals surface area contributed by atoms with Gasteiger partial charge in [-0.3, -0.25) is 9.79 Å². The summed E-state index contributed by atoms with van der Waals surface area (Å²) < 4.78 is 0. The van der Waals surface area contributed by atoms with E-state index >= 15 is 0 Å². The van der Waals surface area contributed by atoms with Gasteiger partial charge >= 0.3 is 0 Å². The van der Waals surface area contributed by atoms with Gasteiger partial charge in [0.05, 0.1) is 0 Å². The second kappa shape index (κ2) is 3.85. The van der Waals surface area contributed by atoms with Gasteiger partial charge in [-0.05, 0) is 6.92 Å². The molecule has 0 unspecified atom stereocenters. The molecule has 1 aromatic carbocycles. The minimum Gasteiger partial charge on any atom is -0.384 e. The lowest BCUT2D eigenvalue weighted by atomic mass is 10.1. The molecule has 0 aliphatic heterocycles. The number of amidine groups is 1. The summed E-state index contributed by atoms with van der Waals surface area (Å²) in [7, 11) is 1.63. The lowest BCUT2D eigenvalue weighted by Gasteiger charge is -2.00. The van der Waals surface area contributed by atoms with Crippen LogP contribution >= 0.6 is 0 Å².